The van der Waals surface area contributed by atoms with Crippen molar-refractivity contribution in [2.45, 2.75) is 31.7 Å². The molecule has 1 heterocycles. The lowest BCUT2D eigenvalue weighted by Crippen LogP contribution is -2.34. The van der Waals surface area contributed by atoms with Gasteiger partial charge in [0.25, 0.3) is 0 Å². The Morgan fingerprint density at radius 3 is 2.94 bits per heavy atom. The Hall–Kier alpha value is -1.51. The Labute approximate surface area is 108 Å². The molecule has 2 aliphatic rings. The van der Waals surface area contributed by atoms with Gasteiger partial charge in [0.05, 0.1) is 12.6 Å². The minimum absolute atomic E-state index is 0.117. The van der Waals surface area contributed by atoms with E-state index in [1.165, 1.54) is 25.7 Å². The number of amides is 1. The van der Waals surface area contributed by atoms with Gasteiger partial charge in [-0.1, -0.05) is 31.0 Å². The van der Waals surface area contributed by atoms with Gasteiger partial charge >= 0.3 is 0 Å². The average Bonchev–Trinajstić information content (AvgIpc) is 2.58. The smallest absolute Gasteiger partial charge is 0.207 e. The van der Waals surface area contributed by atoms with Crippen LogP contribution in [-0.2, 0) is 4.79 Å². The van der Waals surface area contributed by atoms with Crippen molar-refractivity contribution < 1.29 is 9.53 Å². The van der Waals surface area contributed by atoms with Gasteiger partial charge in [-0.3, -0.25) is 4.79 Å². The quantitative estimate of drug-likeness (QED) is 0.813. The van der Waals surface area contributed by atoms with Crippen molar-refractivity contribution in [3.8, 4) is 5.75 Å². The largest absolute Gasteiger partial charge is 0.493 e. The molecule has 3 rings (SSSR count). The predicted molar refractivity (Wildman–Crippen MR) is 69.3 cm³/mol. The summed E-state index contributed by atoms with van der Waals surface area (Å²) in [4.78, 5) is 10.9. The molecule has 0 aromatic heterocycles. The van der Waals surface area contributed by atoms with E-state index in [0.29, 0.717) is 11.8 Å². The molecule has 0 spiro atoms. The summed E-state index contributed by atoms with van der Waals surface area (Å²) >= 11 is 0. The molecule has 1 amide bonds. The van der Waals surface area contributed by atoms with Gasteiger partial charge in [-0.25, -0.2) is 0 Å². The number of carbonyl (C=O) groups excluding carboxylic acids is 1. The fourth-order valence-electron chi connectivity index (χ4n) is 3.47. The number of nitrogens with one attached hydrogen (secondary N) is 1. The molecule has 1 aliphatic heterocycles. The van der Waals surface area contributed by atoms with Crippen LogP contribution in [0.5, 0.6) is 5.75 Å². The number of para-hydroxylation sites is 1. The second-order valence-corrected chi connectivity index (χ2v) is 5.32. The lowest BCUT2D eigenvalue weighted by Gasteiger charge is -2.34. The van der Waals surface area contributed by atoms with E-state index in [1.54, 1.807) is 0 Å². The summed E-state index contributed by atoms with van der Waals surface area (Å²) < 4.78 is 5.94. The Morgan fingerprint density at radius 1 is 1.22 bits per heavy atom. The van der Waals surface area contributed by atoms with Gasteiger partial charge in [-0.05, 0) is 30.7 Å². The first-order valence-corrected chi connectivity index (χ1v) is 6.81. The first-order valence-electron chi connectivity index (χ1n) is 6.81. The van der Waals surface area contributed by atoms with Crippen LogP contribution in [0.2, 0.25) is 0 Å². The van der Waals surface area contributed by atoms with Crippen molar-refractivity contribution in [3.05, 3.63) is 29.8 Å². The first kappa shape index (κ1) is 11.6. The predicted octanol–water partition coefficient (Wildman–Crippen LogP) is 2.67. The maximum absolute atomic E-state index is 10.9. The molecule has 0 unspecified atom stereocenters. The number of rotatable bonds is 2. The van der Waals surface area contributed by atoms with E-state index in [0.717, 1.165) is 24.3 Å². The zero-order valence-electron chi connectivity index (χ0n) is 10.5. The summed E-state index contributed by atoms with van der Waals surface area (Å²) in [6.45, 7) is 0.790. The lowest BCUT2D eigenvalue weighted by atomic mass is 9.74. The van der Waals surface area contributed by atoms with Crippen LogP contribution in [0, 0.1) is 11.8 Å². The standard InChI is InChI=1S/C15H19NO2/c17-10-16-15-12-6-2-1-5-11(12)9-18-14-8-4-3-7-13(14)15/h3-4,7-8,10-12,15H,1-2,5-6,9H2,(H,16,17)/t11-,12+,15-/m0/s1. The molecule has 1 aromatic carbocycles. The molecular weight excluding hydrogens is 226 g/mol. The molecule has 0 saturated heterocycles. The highest BCUT2D eigenvalue weighted by molar-refractivity contribution is 5.50. The third kappa shape index (κ3) is 1.98. The Morgan fingerprint density at radius 2 is 2.06 bits per heavy atom. The third-order valence-corrected chi connectivity index (χ3v) is 4.35. The lowest BCUT2D eigenvalue weighted by molar-refractivity contribution is -0.110. The molecule has 1 N–H and O–H groups in total. The molecule has 1 saturated carbocycles. The summed E-state index contributed by atoms with van der Waals surface area (Å²) in [7, 11) is 0. The zero-order valence-corrected chi connectivity index (χ0v) is 10.5. The molecule has 1 aliphatic carbocycles. The molecule has 96 valence electrons. The normalized spacial score (nSPS) is 30.3. The van der Waals surface area contributed by atoms with Crippen LogP contribution in [0.25, 0.3) is 0 Å². The Kier molecular flexibility index (Phi) is 3.22. The number of hydrogen-bond donors (Lipinski definition) is 1. The highest BCUT2D eigenvalue weighted by atomic mass is 16.5. The van der Waals surface area contributed by atoms with Gasteiger partial charge in [-0.2, -0.15) is 0 Å². The van der Waals surface area contributed by atoms with Crippen molar-refractivity contribution in [3.63, 3.8) is 0 Å². The summed E-state index contributed by atoms with van der Waals surface area (Å²) in [5.41, 5.74) is 1.14. The van der Waals surface area contributed by atoms with E-state index in [9.17, 15) is 4.79 Å². The topological polar surface area (TPSA) is 38.3 Å². The molecular formula is C15H19NO2. The first-order chi connectivity index (χ1) is 8.90. The van der Waals surface area contributed by atoms with Gasteiger partial charge in [0.2, 0.25) is 6.41 Å². The van der Waals surface area contributed by atoms with Crippen LogP contribution in [0.3, 0.4) is 0 Å². The molecule has 0 bridgehead atoms. The highest BCUT2D eigenvalue weighted by Crippen LogP contribution is 2.43. The van der Waals surface area contributed by atoms with Crippen LogP contribution in [0.4, 0.5) is 0 Å². The van der Waals surface area contributed by atoms with Crippen molar-refractivity contribution >= 4 is 6.41 Å². The van der Waals surface area contributed by atoms with Gasteiger partial charge < -0.3 is 10.1 Å². The highest BCUT2D eigenvalue weighted by Gasteiger charge is 2.36. The van der Waals surface area contributed by atoms with Gasteiger partial charge in [-0.15, -0.1) is 0 Å². The second kappa shape index (κ2) is 5.01. The molecule has 3 nitrogen and oxygen atoms in total. The fraction of sp³-hybridized carbons (Fsp3) is 0.533. The van der Waals surface area contributed by atoms with Crippen molar-refractivity contribution in [1.29, 1.82) is 0 Å². The van der Waals surface area contributed by atoms with Crippen LogP contribution in [0.15, 0.2) is 24.3 Å². The van der Waals surface area contributed by atoms with E-state index in [-0.39, 0.29) is 6.04 Å². The second-order valence-electron chi connectivity index (χ2n) is 5.32. The van der Waals surface area contributed by atoms with Crippen LogP contribution in [0.1, 0.15) is 37.3 Å². The van der Waals surface area contributed by atoms with Crippen LogP contribution >= 0.6 is 0 Å². The van der Waals surface area contributed by atoms with E-state index < -0.39 is 0 Å². The van der Waals surface area contributed by atoms with Crippen molar-refractivity contribution in [1.82, 2.24) is 5.32 Å². The van der Waals surface area contributed by atoms with Crippen LogP contribution < -0.4 is 10.1 Å². The minimum Gasteiger partial charge on any atom is -0.493 e. The molecule has 0 radical (unpaired) electrons. The molecule has 1 fully saturated rings. The van der Waals surface area contributed by atoms with E-state index in [4.69, 9.17) is 4.74 Å². The number of carbonyl (C=O) groups is 1. The number of fused-ring (bicyclic) bond motifs is 2. The molecule has 3 atom stereocenters. The number of benzene rings is 1. The van der Waals surface area contributed by atoms with E-state index in [1.807, 2.05) is 18.2 Å². The maximum atomic E-state index is 10.9. The molecule has 1 aromatic rings. The summed E-state index contributed by atoms with van der Waals surface area (Å²) in [5.74, 6) is 2.03. The fourth-order valence-corrected chi connectivity index (χ4v) is 3.47. The minimum atomic E-state index is 0.117. The SMILES string of the molecule is O=CN[C@@H]1c2ccccc2OC[C@@H]2CCCC[C@H]21. The summed E-state index contributed by atoms with van der Waals surface area (Å²) in [5, 5.41) is 3.02. The van der Waals surface area contributed by atoms with Gasteiger partial charge in [0.1, 0.15) is 5.75 Å². The molecule has 3 heteroatoms. The Bertz CT molecular complexity index is 432. The van der Waals surface area contributed by atoms with E-state index >= 15 is 0 Å². The molecule has 18 heavy (non-hydrogen) atoms. The monoisotopic (exact) mass is 245 g/mol. The van der Waals surface area contributed by atoms with Gasteiger partial charge in [0.15, 0.2) is 0 Å². The maximum Gasteiger partial charge on any atom is 0.207 e. The van der Waals surface area contributed by atoms with Crippen molar-refractivity contribution in [2.75, 3.05) is 6.61 Å². The Balaban J connectivity index is 1.98. The number of ether oxygens (including phenoxy) is 1. The number of hydrogen-bond acceptors (Lipinski definition) is 2. The van der Waals surface area contributed by atoms with E-state index in [2.05, 4.69) is 11.4 Å². The average molecular weight is 245 g/mol. The van der Waals surface area contributed by atoms with Gasteiger partial charge in [0, 0.05) is 5.56 Å². The summed E-state index contributed by atoms with van der Waals surface area (Å²) in [6.07, 6.45) is 5.79. The third-order valence-electron chi connectivity index (χ3n) is 4.35. The van der Waals surface area contributed by atoms with Crippen LogP contribution in [-0.4, -0.2) is 13.0 Å². The van der Waals surface area contributed by atoms with Crippen molar-refractivity contribution in [2.24, 2.45) is 11.8 Å². The summed E-state index contributed by atoms with van der Waals surface area (Å²) in [6, 6.07) is 8.21. The zero-order chi connectivity index (χ0) is 12.4.